The molecule has 74 valence electrons. The molecule has 2 rings (SSSR count). The van der Waals surface area contributed by atoms with Crippen LogP contribution in [0.25, 0.3) is 5.65 Å². The number of aromatic nitrogens is 2. The Morgan fingerprint density at radius 1 is 1.36 bits per heavy atom. The second kappa shape index (κ2) is 2.99. The van der Waals surface area contributed by atoms with Crippen LogP contribution in [0.15, 0.2) is 24.5 Å². The summed E-state index contributed by atoms with van der Waals surface area (Å²) in [4.78, 5) is 4.51. The number of fused-ring (bicyclic) bond motifs is 1. The Morgan fingerprint density at radius 3 is 2.64 bits per heavy atom. The maximum absolute atomic E-state index is 6.04. The quantitative estimate of drug-likeness (QED) is 0.650. The van der Waals surface area contributed by atoms with Crippen LogP contribution in [-0.4, -0.2) is 9.38 Å². The molecule has 0 N–H and O–H groups in total. The lowest BCUT2D eigenvalue weighted by Crippen LogP contribution is -2.11. The standard InChI is InChI=1S/C11H13ClN2/c1-11(2,3)9-7-14-6-4-5-8(12)10(14)13-9/h4-7H,1-3H3. The van der Waals surface area contributed by atoms with E-state index in [1.165, 1.54) is 0 Å². The van der Waals surface area contributed by atoms with E-state index in [1.54, 1.807) is 0 Å². The SMILES string of the molecule is CC(C)(C)c1cn2cccc(Cl)c2n1. The Labute approximate surface area is 88.5 Å². The molecule has 14 heavy (non-hydrogen) atoms. The second-order valence-electron chi connectivity index (χ2n) is 4.46. The van der Waals surface area contributed by atoms with Crippen LogP contribution in [0.4, 0.5) is 0 Å². The van der Waals surface area contributed by atoms with Crippen LogP contribution in [-0.2, 0) is 5.41 Å². The van der Waals surface area contributed by atoms with Gasteiger partial charge in [0.15, 0.2) is 5.65 Å². The molecule has 0 radical (unpaired) electrons. The van der Waals surface area contributed by atoms with Crippen LogP contribution in [0.3, 0.4) is 0 Å². The van der Waals surface area contributed by atoms with Crippen LogP contribution >= 0.6 is 11.6 Å². The Balaban J connectivity index is 2.69. The number of hydrogen-bond acceptors (Lipinski definition) is 1. The highest BCUT2D eigenvalue weighted by molar-refractivity contribution is 6.33. The van der Waals surface area contributed by atoms with Crippen molar-refractivity contribution in [2.24, 2.45) is 0 Å². The lowest BCUT2D eigenvalue weighted by atomic mass is 9.93. The highest BCUT2D eigenvalue weighted by atomic mass is 35.5. The maximum atomic E-state index is 6.04. The minimum Gasteiger partial charge on any atom is -0.306 e. The molecule has 0 atom stereocenters. The van der Waals surface area contributed by atoms with Crippen molar-refractivity contribution in [1.82, 2.24) is 9.38 Å². The predicted octanol–water partition coefficient (Wildman–Crippen LogP) is 3.29. The van der Waals surface area contributed by atoms with Gasteiger partial charge in [0.1, 0.15) is 0 Å². The Bertz CT molecular complexity index is 466. The number of imidazole rings is 1. The van der Waals surface area contributed by atoms with E-state index in [1.807, 2.05) is 28.9 Å². The normalized spacial score (nSPS) is 12.3. The lowest BCUT2D eigenvalue weighted by molar-refractivity contribution is 0.573. The van der Waals surface area contributed by atoms with Crippen molar-refractivity contribution in [2.45, 2.75) is 26.2 Å². The minimum absolute atomic E-state index is 0.0648. The summed E-state index contributed by atoms with van der Waals surface area (Å²) in [6.07, 6.45) is 3.99. The van der Waals surface area contributed by atoms with E-state index < -0.39 is 0 Å². The Morgan fingerprint density at radius 2 is 2.07 bits per heavy atom. The molecule has 0 aliphatic heterocycles. The highest BCUT2D eigenvalue weighted by Crippen LogP contribution is 2.24. The minimum atomic E-state index is 0.0648. The first-order valence-corrected chi connectivity index (χ1v) is 5.00. The molecular formula is C11H13ClN2. The molecule has 0 amide bonds. The molecule has 2 aromatic rings. The molecule has 2 aromatic heterocycles. The zero-order valence-corrected chi connectivity index (χ0v) is 9.34. The summed E-state index contributed by atoms with van der Waals surface area (Å²) < 4.78 is 1.96. The molecule has 0 aliphatic carbocycles. The van der Waals surface area contributed by atoms with Crippen molar-refractivity contribution >= 4 is 17.2 Å². The van der Waals surface area contributed by atoms with Gasteiger partial charge >= 0.3 is 0 Å². The topological polar surface area (TPSA) is 17.3 Å². The second-order valence-corrected chi connectivity index (χ2v) is 4.87. The van der Waals surface area contributed by atoms with Gasteiger partial charge in [0.05, 0.1) is 10.7 Å². The van der Waals surface area contributed by atoms with E-state index >= 15 is 0 Å². The molecule has 0 spiro atoms. The number of hydrogen-bond donors (Lipinski definition) is 0. The third-order valence-corrected chi connectivity index (χ3v) is 2.50. The fourth-order valence-electron chi connectivity index (χ4n) is 1.34. The van der Waals surface area contributed by atoms with Crippen molar-refractivity contribution in [3.05, 3.63) is 35.2 Å². The van der Waals surface area contributed by atoms with E-state index in [0.29, 0.717) is 5.02 Å². The molecule has 3 heteroatoms. The number of pyridine rings is 1. The van der Waals surface area contributed by atoms with Gasteiger partial charge in [0, 0.05) is 17.8 Å². The lowest BCUT2D eigenvalue weighted by Gasteiger charge is -2.13. The van der Waals surface area contributed by atoms with Gasteiger partial charge in [-0.1, -0.05) is 32.4 Å². The molecule has 0 aliphatic rings. The molecule has 0 fully saturated rings. The molecule has 0 bridgehead atoms. The summed E-state index contributed by atoms with van der Waals surface area (Å²) in [5.74, 6) is 0. The monoisotopic (exact) mass is 208 g/mol. The summed E-state index contributed by atoms with van der Waals surface area (Å²) in [7, 11) is 0. The van der Waals surface area contributed by atoms with Gasteiger partial charge < -0.3 is 4.40 Å². The molecule has 0 unspecified atom stereocenters. The van der Waals surface area contributed by atoms with Crippen molar-refractivity contribution in [3.8, 4) is 0 Å². The first kappa shape index (κ1) is 9.53. The summed E-state index contributed by atoms with van der Waals surface area (Å²) in [6, 6.07) is 3.78. The number of rotatable bonds is 0. The van der Waals surface area contributed by atoms with Gasteiger partial charge in [-0.3, -0.25) is 0 Å². The van der Waals surface area contributed by atoms with E-state index in [2.05, 4.69) is 25.8 Å². The van der Waals surface area contributed by atoms with E-state index in [9.17, 15) is 0 Å². The average Bonchev–Trinajstić information content (AvgIpc) is 2.48. The van der Waals surface area contributed by atoms with Crippen LogP contribution in [0.5, 0.6) is 0 Å². The molecule has 2 nitrogen and oxygen atoms in total. The Hall–Kier alpha value is -1.02. The largest absolute Gasteiger partial charge is 0.306 e. The zero-order valence-electron chi connectivity index (χ0n) is 8.58. The van der Waals surface area contributed by atoms with Gasteiger partial charge in [0.25, 0.3) is 0 Å². The smallest absolute Gasteiger partial charge is 0.155 e. The third-order valence-electron chi connectivity index (χ3n) is 2.20. The number of nitrogens with zero attached hydrogens (tertiary/aromatic N) is 2. The molecule has 2 heterocycles. The average molecular weight is 209 g/mol. The first-order valence-electron chi connectivity index (χ1n) is 4.62. The third kappa shape index (κ3) is 1.50. The summed E-state index contributed by atoms with van der Waals surface area (Å²) in [6.45, 7) is 6.42. The molecule has 0 aromatic carbocycles. The van der Waals surface area contributed by atoms with Gasteiger partial charge in [-0.25, -0.2) is 4.98 Å². The van der Waals surface area contributed by atoms with Crippen LogP contribution < -0.4 is 0 Å². The molecule has 0 saturated heterocycles. The summed E-state index contributed by atoms with van der Waals surface area (Å²) >= 11 is 6.04. The first-order chi connectivity index (χ1) is 6.48. The van der Waals surface area contributed by atoms with Gasteiger partial charge in [-0.15, -0.1) is 0 Å². The van der Waals surface area contributed by atoms with Crippen LogP contribution in [0.2, 0.25) is 5.02 Å². The number of halogens is 1. The van der Waals surface area contributed by atoms with Crippen LogP contribution in [0.1, 0.15) is 26.5 Å². The van der Waals surface area contributed by atoms with E-state index in [-0.39, 0.29) is 5.41 Å². The van der Waals surface area contributed by atoms with Crippen molar-refractivity contribution in [3.63, 3.8) is 0 Å². The Kier molecular flexibility index (Phi) is 2.04. The van der Waals surface area contributed by atoms with E-state index in [0.717, 1.165) is 11.3 Å². The zero-order chi connectivity index (χ0) is 10.3. The summed E-state index contributed by atoms with van der Waals surface area (Å²) in [5.41, 5.74) is 1.96. The van der Waals surface area contributed by atoms with Crippen LogP contribution in [0, 0.1) is 0 Å². The molecule has 0 saturated carbocycles. The maximum Gasteiger partial charge on any atom is 0.155 e. The van der Waals surface area contributed by atoms with Gasteiger partial charge in [0.2, 0.25) is 0 Å². The fraction of sp³-hybridized carbons (Fsp3) is 0.364. The van der Waals surface area contributed by atoms with Crippen molar-refractivity contribution < 1.29 is 0 Å². The van der Waals surface area contributed by atoms with Crippen molar-refractivity contribution in [2.75, 3.05) is 0 Å². The summed E-state index contributed by atoms with van der Waals surface area (Å²) in [5, 5.41) is 0.697. The van der Waals surface area contributed by atoms with Gasteiger partial charge in [-0.2, -0.15) is 0 Å². The van der Waals surface area contributed by atoms with Gasteiger partial charge in [-0.05, 0) is 12.1 Å². The predicted molar refractivity (Wildman–Crippen MR) is 58.9 cm³/mol. The fourth-order valence-corrected chi connectivity index (χ4v) is 1.55. The van der Waals surface area contributed by atoms with Crippen molar-refractivity contribution in [1.29, 1.82) is 0 Å². The highest BCUT2D eigenvalue weighted by Gasteiger charge is 2.17. The van der Waals surface area contributed by atoms with E-state index in [4.69, 9.17) is 11.6 Å². The molecular weight excluding hydrogens is 196 g/mol.